The third-order valence-electron chi connectivity index (χ3n) is 2.94. The van der Waals surface area contributed by atoms with Crippen LogP contribution >= 0.6 is 11.3 Å². The van der Waals surface area contributed by atoms with Crippen LogP contribution in [0.25, 0.3) is 0 Å². The molecule has 0 saturated carbocycles. The number of ether oxygens (including phenoxy) is 1. The van der Waals surface area contributed by atoms with Crippen LogP contribution < -0.4 is 10.1 Å². The first kappa shape index (κ1) is 14.6. The predicted molar refractivity (Wildman–Crippen MR) is 82.2 cm³/mol. The van der Waals surface area contributed by atoms with Crippen LogP contribution in [0, 0.1) is 0 Å². The van der Waals surface area contributed by atoms with Gasteiger partial charge in [-0.15, -0.1) is 11.3 Å². The second kappa shape index (κ2) is 7.10. The zero-order chi connectivity index (χ0) is 14.4. The van der Waals surface area contributed by atoms with Crippen molar-refractivity contribution in [3.05, 3.63) is 52.2 Å². The number of hydrogen-bond donors (Lipinski definition) is 1. The molecule has 2 rings (SSSR count). The fourth-order valence-electron chi connectivity index (χ4n) is 1.88. The Morgan fingerprint density at radius 1 is 1.25 bits per heavy atom. The van der Waals surface area contributed by atoms with E-state index < -0.39 is 0 Å². The first-order valence-corrected chi connectivity index (χ1v) is 7.55. The maximum atomic E-state index is 11.8. The topological polar surface area (TPSA) is 38.3 Å². The molecular weight excluding hydrogens is 270 g/mol. The highest BCUT2D eigenvalue weighted by Crippen LogP contribution is 2.25. The summed E-state index contributed by atoms with van der Waals surface area (Å²) in [7, 11) is 0. The van der Waals surface area contributed by atoms with Crippen LogP contribution in [-0.2, 0) is 11.3 Å². The third kappa shape index (κ3) is 4.10. The number of rotatable bonds is 6. The van der Waals surface area contributed by atoms with Crippen molar-refractivity contribution in [1.29, 1.82) is 0 Å². The molecule has 20 heavy (non-hydrogen) atoms. The number of carbonyl (C=O) groups excluding carboxylic acids is 1. The fraction of sp³-hybridized carbons (Fsp3) is 0.312. The van der Waals surface area contributed by atoms with Crippen LogP contribution in [0.2, 0.25) is 0 Å². The molecule has 0 spiro atoms. The minimum absolute atomic E-state index is 0.0507. The van der Waals surface area contributed by atoms with Gasteiger partial charge in [-0.25, -0.2) is 0 Å². The average molecular weight is 289 g/mol. The SMILES string of the molecule is CC(C)c1ccccc1OCC(=O)NCc1cccs1. The predicted octanol–water partition coefficient (Wildman–Crippen LogP) is 3.57. The number of carbonyl (C=O) groups is 1. The van der Waals surface area contributed by atoms with Gasteiger partial charge in [0.05, 0.1) is 6.54 Å². The zero-order valence-corrected chi connectivity index (χ0v) is 12.6. The lowest BCUT2D eigenvalue weighted by atomic mass is 10.0. The Kier molecular flexibility index (Phi) is 5.18. The molecule has 1 heterocycles. The van der Waals surface area contributed by atoms with Crippen molar-refractivity contribution in [3.8, 4) is 5.75 Å². The smallest absolute Gasteiger partial charge is 0.258 e. The third-order valence-corrected chi connectivity index (χ3v) is 3.82. The van der Waals surface area contributed by atoms with E-state index in [0.29, 0.717) is 12.5 Å². The highest BCUT2D eigenvalue weighted by molar-refractivity contribution is 7.09. The maximum absolute atomic E-state index is 11.8. The average Bonchev–Trinajstić information content (AvgIpc) is 2.96. The number of nitrogens with one attached hydrogen (secondary N) is 1. The van der Waals surface area contributed by atoms with Crippen molar-refractivity contribution < 1.29 is 9.53 Å². The molecular formula is C16H19NO2S. The molecule has 1 aromatic heterocycles. The van der Waals surface area contributed by atoms with Crippen molar-refractivity contribution >= 4 is 17.2 Å². The van der Waals surface area contributed by atoms with Gasteiger partial charge in [0, 0.05) is 4.88 Å². The second-order valence-electron chi connectivity index (χ2n) is 4.84. The molecule has 0 saturated heterocycles. The minimum Gasteiger partial charge on any atom is -0.483 e. The molecule has 0 aliphatic rings. The van der Waals surface area contributed by atoms with Crippen LogP contribution in [0.1, 0.15) is 30.2 Å². The van der Waals surface area contributed by atoms with E-state index in [1.165, 1.54) is 0 Å². The van der Waals surface area contributed by atoms with Gasteiger partial charge in [-0.1, -0.05) is 38.1 Å². The van der Waals surface area contributed by atoms with Crippen LogP contribution in [0.4, 0.5) is 0 Å². The fourth-order valence-corrected chi connectivity index (χ4v) is 2.53. The normalized spacial score (nSPS) is 10.6. The monoisotopic (exact) mass is 289 g/mol. The van der Waals surface area contributed by atoms with E-state index in [1.54, 1.807) is 11.3 Å². The molecule has 0 atom stereocenters. The maximum Gasteiger partial charge on any atom is 0.258 e. The molecule has 106 valence electrons. The number of hydrogen-bond acceptors (Lipinski definition) is 3. The molecule has 2 aromatic rings. The molecule has 1 amide bonds. The number of amides is 1. The van der Waals surface area contributed by atoms with Gasteiger partial charge in [0.15, 0.2) is 6.61 Å². The summed E-state index contributed by atoms with van der Waals surface area (Å²) in [6, 6.07) is 11.8. The standard InChI is InChI=1S/C16H19NO2S/c1-12(2)14-7-3-4-8-15(14)19-11-16(18)17-10-13-6-5-9-20-13/h3-9,12H,10-11H2,1-2H3,(H,17,18). The minimum atomic E-state index is -0.100. The summed E-state index contributed by atoms with van der Waals surface area (Å²) in [4.78, 5) is 12.9. The van der Waals surface area contributed by atoms with Crippen molar-refractivity contribution in [3.63, 3.8) is 0 Å². The molecule has 0 bridgehead atoms. The largest absolute Gasteiger partial charge is 0.483 e. The summed E-state index contributed by atoms with van der Waals surface area (Å²) in [6.45, 7) is 4.83. The van der Waals surface area contributed by atoms with Crippen molar-refractivity contribution in [2.75, 3.05) is 6.61 Å². The number of thiophene rings is 1. The van der Waals surface area contributed by atoms with Gasteiger partial charge in [-0.3, -0.25) is 4.79 Å². The van der Waals surface area contributed by atoms with E-state index in [4.69, 9.17) is 4.74 Å². The first-order chi connectivity index (χ1) is 9.66. The molecule has 0 radical (unpaired) electrons. The summed E-state index contributed by atoms with van der Waals surface area (Å²) >= 11 is 1.63. The molecule has 0 fully saturated rings. The lowest BCUT2D eigenvalue weighted by Crippen LogP contribution is -2.28. The second-order valence-corrected chi connectivity index (χ2v) is 5.87. The Labute approximate surface area is 123 Å². The van der Waals surface area contributed by atoms with Crippen molar-refractivity contribution in [2.24, 2.45) is 0 Å². The van der Waals surface area contributed by atoms with Gasteiger partial charge < -0.3 is 10.1 Å². The molecule has 1 aromatic carbocycles. The van der Waals surface area contributed by atoms with Crippen LogP contribution in [0.3, 0.4) is 0 Å². The Balaban J connectivity index is 1.84. The van der Waals surface area contributed by atoms with Gasteiger partial charge in [0.25, 0.3) is 5.91 Å². The summed E-state index contributed by atoms with van der Waals surface area (Å²) in [6.07, 6.45) is 0. The quantitative estimate of drug-likeness (QED) is 0.883. The summed E-state index contributed by atoms with van der Waals surface area (Å²) in [5, 5.41) is 4.85. The lowest BCUT2D eigenvalue weighted by Gasteiger charge is -2.13. The van der Waals surface area contributed by atoms with E-state index in [0.717, 1.165) is 16.2 Å². The Morgan fingerprint density at radius 2 is 2.05 bits per heavy atom. The molecule has 0 aliphatic heterocycles. The summed E-state index contributed by atoms with van der Waals surface area (Å²) in [5.41, 5.74) is 1.12. The summed E-state index contributed by atoms with van der Waals surface area (Å²) < 4.78 is 5.62. The van der Waals surface area contributed by atoms with Crippen molar-refractivity contribution in [2.45, 2.75) is 26.3 Å². The Bertz CT molecular complexity index is 549. The number of benzene rings is 1. The van der Waals surface area contributed by atoms with E-state index in [-0.39, 0.29) is 12.5 Å². The van der Waals surface area contributed by atoms with Gasteiger partial charge in [0.2, 0.25) is 0 Å². The van der Waals surface area contributed by atoms with E-state index in [9.17, 15) is 4.79 Å². The lowest BCUT2D eigenvalue weighted by molar-refractivity contribution is -0.123. The molecule has 0 unspecified atom stereocenters. The van der Waals surface area contributed by atoms with Crippen LogP contribution in [-0.4, -0.2) is 12.5 Å². The van der Waals surface area contributed by atoms with Gasteiger partial charge in [-0.2, -0.15) is 0 Å². The van der Waals surface area contributed by atoms with Gasteiger partial charge in [0.1, 0.15) is 5.75 Å². The van der Waals surface area contributed by atoms with E-state index >= 15 is 0 Å². The summed E-state index contributed by atoms with van der Waals surface area (Å²) in [5.74, 6) is 1.06. The first-order valence-electron chi connectivity index (χ1n) is 6.67. The Morgan fingerprint density at radius 3 is 2.75 bits per heavy atom. The molecule has 1 N–H and O–H groups in total. The molecule has 4 heteroatoms. The van der Waals surface area contributed by atoms with Gasteiger partial charge >= 0.3 is 0 Å². The van der Waals surface area contributed by atoms with Crippen LogP contribution in [0.5, 0.6) is 5.75 Å². The van der Waals surface area contributed by atoms with Crippen LogP contribution in [0.15, 0.2) is 41.8 Å². The zero-order valence-electron chi connectivity index (χ0n) is 11.8. The molecule has 3 nitrogen and oxygen atoms in total. The molecule has 0 aliphatic carbocycles. The van der Waals surface area contributed by atoms with Crippen molar-refractivity contribution in [1.82, 2.24) is 5.32 Å². The highest BCUT2D eigenvalue weighted by Gasteiger charge is 2.09. The highest BCUT2D eigenvalue weighted by atomic mass is 32.1. The van der Waals surface area contributed by atoms with E-state index in [2.05, 4.69) is 19.2 Å². The van der Waals surface area contributed by atoms with Gasteiger partial charge in [-0.05, 0) is 29.0 Å². The Hall–Kier alpha value is -1.81. The van der Waals surface area contributed by atoms with E-state index in [1.807, 2.05) is 41.8 Å². The number of para-hydroxylation sites is 1.